The summed E-state index contributed by atoms with van der Waals surface area (Å²) in [5.74, 6) is -2.97. The van der Waals surface area contributed by atoms with Crippen molar-refractivity contribution in [3.8, 4) is 11.1 Å². The molecule has 4 aliphatic heterocycles. The van der Waals surface area contributed by atoms with Crippen LogP contribution in [0.3, 0.4) is 0 Å². The molecule has 4 heterocycles. The Morgan fingerprint density at radius 3 is 2.48 bits per heavy atom. The van der Waals surface area contributed by atoms with E-state index in [9.17, 15) is 37.5 Å². The van der Waals surface area contributed by atoms with Gasteiger partial charge in [-0.2, -0.15) is 4.31 Å². The van der Waals surface area contributed by atoms with Crippen molar-refractivity contribution in [1.82, 2.24) is 14.5 Å². The Hall–Kier alpha value is -5.61. The topological polar surface area (TPSA) is 182 Å². The molecule has 4 aromatic rings. The van der Waals surface area contributed by atoms with Crippen molar-refractivity contribution in [2.45, 2.75) is 54.1 Å². The Kier molecular flexibility index (Phi) is 9.87. The average Bonchev–Trinajstić information content (AvgIpc) is 3.75. The minimum atomic E-state index is -3.83. The van der Waals surface area contributed by atoms with Crippen molar-refractivity contribution in [3.63, 3.8) is 0 Å². The summed E-state index contributed by atoms with van der Waals surface area (Å²) in [7, 11) is -3.83. The number of fused-ring (bicyclic) bond motifs is 4. The molecule has 1 unspecified atom stereocenters. The Bertz CT molecular complexity index is 2450. The highest BCUT2D eigenvalue weighted by Crippen LogP contribution is 2.49. The van der Waals surface area contributed by atoms with Gasteiger partial charge in [-0.3, -0.25) is 34.2 Å². The van der Waals surface area contributed by atoms with Crippen molar-refractivity contribution in [3.05, 3.63) is 119 Å². The quantitative estimate of drug-likeness (QED) is 0.104. The van der Waals surface area contributed by atoms with Gasteiger partial charge in [0.2, 0.25) is 27.7 Å². The Balaban J connectivity index is 0.985. The van der Waals surface area contributed by atoms with E-state index in [2.05, 4.69) is 16.0 Å². The lowest BCUT2D eigenvalue weighted by molar-refractivity contribution is -0.136. The van der Waals surface area contributed by atoms with E-state index in [4.69, 9.17) is 0 Å². The molecule has 13 nitrogen and oxygen atoms in total. The molecule has 0 radical (unpaired) electrons. The van der Waals surface area contributed by atoms with Crippen LogP contribution in [-0.4, -0.2) is 77.5 Å². The molecule has 2 saturated heterocycles. The SMILES string of the molecule is Cc1ccc(S(=O)(=O)N2CC[C@@H]3[C@H](CO)Nc4ccc(-c5cccc(NC(=O)C=CSc6cccc7c6C(=O)N(C6CCC(=O)NC6=O)C7=O)c5)cc4[C@@H]32)cc1. The minimum Gasteiger partial charge on any atom is -0.394 e. The fraction of sp³-hybridized carbons (Fsp3) is 0.244. The van der Waals surface area contributed by atoms with Gasteiger partial charge in [0.05, 0.1) is 34.7 Å². The predicted molar refractivity (Wildman–Crippen MR) is 209 cm³/mol. The second-order valence-electron chi connectivity index (χ2n) is 14.2. The zero-order valence-corrected chi connectivity index (χ0v) is 31.7. The van der Waals surface area contributed by atoms with Crippen LogP contribution in [0.2, 0.25) is 0 Å². The van der Waals surface area contributed by atoms with E-state index in [0.29, 0.717) is 23.5 Å². The highest BCUT2D eigenvalue weighted by molar-refractivity contribution is 8.02. The van der Waals surface area contributed by atoms with Gasteiger partial charge in [-0.05, 0) is 90.4 Å². The number of rotatable bonds is 9. The van der Waals surface area contributed by atoms with Gasteiger partial charge in [-0.15, -0.1) is 0 Å². The molecule has 0 bridgehead atoms. The number of imide groups is 2. The van der Waals surface area contributed by atoms with Crippen LogP contribution < -0.4 is 16.0 Å². The molecule has 4 atom stereocenters. The number of aryl methyl sites for hydroxylation is 1. The van der Waals surface area contributed by atoms with Crippen molar-refractivity contribution < 1.29 is 37.5 Å². The molecule has 56 heavy (non-hydrogen) atoms. The highest BCUT2D eigenvalue weighted by Gasteiger charge is 2.49. The maximum absolute atomic E-state index is 14.0. The van der Waals surface area contributed by atoms with Crippen LogP contribution in [0.1, 0.15) is 57.1 Å². The molecule has 0 saturated carbocycles. The molecule has 5 amide bonds. The van der Waals surface area contributed by atoms with Gasteiger partial charge < -0.3 is 15.7 Å². The summed E-state index contributed by atoms with van der Waals surface area (Å²) < 4.78 is 29.5. The van der Waals surface area contributed by atoms with Crippen LogP contribution >= 0.6 is 11.8 Å². The molecule has 4 aliphatic rings. The largest absolute Gasteiger partial charge is 0.394 e. The number of hydrogen-bond acceptors (Lipinski definition) is 10. The first-order valence-corrected chi connectivity index (χ1v) is 20.5. The number of amides is 5. The molecule has 15 heteroatoms. The Labute approximate surface area is 327 Å². The molecular weight excluding hydrogens is 755 g/mol. The number of piperidine rings is 1. The third-order valence-electron chi connectivity index (χ3n) is 10.8. The predicted octanol–water partition coefficient (Wildman–Crippen LogP) is 4.85. The molecule has 8 rings (SSSR count). The van der Waals surface area contributed by atoms with Gasteiger partial charge in [-0.1, -0.05) is 53.7 Å². The highest BCUT2D eigenvalue weighted by atomic mass is 32.2. The first-order valence-electron chi connectivity index (χ1n) is 18.1. The van der Waals surface area contributed by atoms with E-state index in [-0.39, 0.29) is 47.4 Å². The van der Waals surface area contributed by atoms with E-state index in [1.807, 2.05) is 37.3 Å². The second-order valence-corrected chi connectivity index (χ2v) is 17.0. The zero-order chi connectivity index (χ0) is 39.3. The number of nitrogens with zero attached hydrogens (tertiary/aromatic N) is 2. The van der Waals surface area contributed by atoms with Gasteiger partial charge >= 0.3 is 0 Å². The monoisotopic (exact) mass is 791 g/mol. The molecule has 0 aromatic heterocycles. The number of aliphatic hydroxyl groups is 1. The van der Waals surface area contributed by atoms with Crippen LogP contribution in [-0.2, 0) is 24.4 Å². The number of sulfonamides is 1. The van der Waals surface area contributed by atoms with Gasteiger partial charge in [0, 0.05) is 41.2 Å². The summed E-state index contributed by atoms with van der Waals surface area (Å²) in [4.78, 5) is 65.3. The Morgan fingerprint density at radius 1 is 0.946 bits per heavy atom. The molecule has 286 valence electrons. The molecule has 0 aliphatic carbocycles. The first kappa shape index (κ1) is 37.3. The molecule has 2 fully saturated rings. The third-order valence-corrected chi connectivity index (χ3v) is 13.5. The minimum absolute atomic E-state index is 0.0177. The molecule has 4 N–H and O–H groups in total. The van der Waals surface area contributed by atoms with Crippen LogP contribution in [0, 0.1) is 12.8 Å². The number of anilines is 2. The van der Waals surface area contributed by atoms with Crippen molar-refractivity contribution in [2.24, 2.45) is 5.92 Å². The van der Waals surface area contributed by atoms with Crippen LogP contribution in [0.4, 0.5) is 11.4 Å². The van der Waals surface area contributed by atoms with Gasteiger partial charge in [0.1, 0.15) is 6.04 Å². The number of nitrogens with one attached hydrogen (secondary N) is 3. The van der Waals surface area contributed by atoms with Crippen molar-refractivity contribution in [1.29, 1.82) is 0 Å². The zero-order valence-electron chi connectivity index (χ0n) is 30.1. The normalized spacial score (nSPS) is 22.1. The van der Waals surface area contributed by atoms with Gasteiger partial charge in [-0.25, -0.2) is 8.42 Å². The number of aliphatic hydroxyl groups excluding tert-OH is 1. The number of benzene rings is 4. The molecule has 4 aromatic carbocycles. The first-order chi connectivity index (χ1) is 26.9. The summed E-state index contributed by atoms with van der Waals surface area (Å²) in [6.45, 7) is 2.09. The summed E-state index contributed by atoms with van der Waals surface area (Å²) in [5, 5.41) is 20.2. The molecular formula is C41H37N5O8S2. The number of carbonyl (C=O) groups excluding carboxylic acids is 5. The van der Waals surface area contributed by atoms with E-state index in [0.717, 1.165) is 44.6 Å². The number of thioether (sulfide) groups is 1. The Morgan fingerprint density at radius 2 is 1.71 bits per heavy atom. The average molecular weight is 792 g/mol. The fourth-order valence-electron chi connectivity index (χ4n) is 8.03. The van der Waals surface area contributed by atoms with Gasteiger partial charge in [0.15, 0.2) is 0 Å². The lowest BCUT2D eigenvalue weighted by atomic mass is 9.82. The fourth-order valence-corrected chi connectivity index (χ4v) is 10.5. The van der Waals surface area contributed by atoms with E-state index in [1.165, 1.54) is 17.6 Å². The lowest BCUT2D eigenvalue weighted by Gasteiger charge is -2.39. The summed E-state index contributed by atoms with van der Waals surface area (Å²) in [5.41, 5.74) is 4.94. The number of hydrogen-bond donors (Lipinski definition) is 4. The maximum atomic E-state index is 14.0. The van der Waals surface area contributed by atoms with Crippen LogP contribution in [0.25, 0.3) is 11.1 Å². The summed E-state index contributed by atoms with van der Waals surface area (Å²) >= 11 is 1.08. The summed E-state index contributed by atoms with van der Waals surface area (Å²) in [6, 6.07) is 22.8. The lowest BCUT2D eigenvalue weighted by Crippen LogP contribution is -2.54. The van der Waals surface area contributed by atoms with Crippen LogP contribution in [0.5, 0.6) is 0 Å². The van der Waals surface area contributed by atoms with Gasteiger partial charge in [0.25, 0.3) is 11.8 Å². The van der Waals surface area contributed by atoms with E-state index in [1.54, 1.807) is 52.8 Å². The van der Waals surface area contributed by atoms with Crippen molar-refractivity contribution in [2.75, 3.05) is 23.8 Å². The standard InChI is InChI=1S/C41H37N5O8S2/c1-23-8-11-27(12-9-23)56(53,54)45-18-16-28-32(22-47)43-31-13-10-25(21-30(31)38(28)45)24-4-2-5-26(20-24)42-36(49)17-19-55-34-7-3-6-29-37(34)41(52)46(40(29)51)33-14-15-35(48)44-39(33)50/h2-13,17,19-21,28,32-33,38,43,47H,14-16,18,22H2,1H3,(H,42,49)(H,44,48,50)/t28-,32+,33?,38-/m1/s1. The van der Waals surface area contributed by atoms with Crippen molar-refractivity contribution >= 4 is 62.7 Å². The maximum Gasteiger partial charge on any atom is 0.263 e. The second kappa shape index (κ2) is 14.8. The molecule has 0 spiro atoms. The summed E-state index contributed by atoms with van der Waals surface area (Å²) in [6.07, 6.45) is 1.96. The number of carbonyl (C=O) groups is 5. The van der Waals surface area contributed by atoms with E-state index >= 15 is 0 Å². The van der Waals surface area contributed by atoms with E-state index < -0.39 is 51.6 Å². The van der Waals surface area contributed by atoms with Crippen LogP contribution in [0.15, 0.2) is 106 Å². The third kappa shape index (κ3) is 6.70. The smallest absolute Gasteiger partial charge is 0.263 e.